The third-order valence-electron chi connectivity index (χ3n) is 3.56. The van der Waals surface area contributed by atoms with Crippen molar-refractivity contribution in [1.29, 1.82) is 0 Å². The molecule has 2 aromatic rings. The molecule has 144 valence electrons. The van der Waals surface area contributed by atoms with Crippen LogP contribution in [0.5, 0.6) is 0 Å². The van der Waals surface area contributed by atoms with Gasteiger partial charge in [-0.25, -0.2) is 12.8 Å². The minimum Gasteiger partial charge on any atom is -0.455 e. The molecule has 2 aromatic carbocycles. The second kappa shape index (κ2) is 8.74. The Morgan fingerprint density at radius 3 is 2.52 bits per heavy atom. The summed E-state index contributed by atoms with van der Waals surface area (Å²) < 4.78 is 44.1. The van der Waals surface area contributed by atoms with E-state index in [1.165, 1.54) is 12.1 Å². The van der Waals surface area contributed by atoms with Crippen molar-refractivity contribution in [3.63, 3.8) is 0 Å². The molecule has 0 heterocycles. The van der Waals surface area contributed by atoms with E-state index in [1.54, 1.807) is 6.07 Å². The molecule has 0 atom stereocenters. The smallest absolute Gasteiger partial charge is 0.321 e. The zero-order chi connectivity index (χ0) is 20.0. The Bertz CT molecular complexity index is 960. The monoisotopic (exact) mass is 394 g/mol. The molecular formula is C18H19FN2O5S. The molecule has 0 bridgehead atoms. The highest BCUT2D eigenvalue weighted by molar-refractivity contribution is 7.89. The van der Waals surface area contributed by atoms with E-state index >= 15 is 0 Å². The topological polar surface area (TPSA) is 102 Å². The summed E-state index contributed by atoms with van der Waals surface area (Å²) in [5, 5.41) is 2.61. The standard InChI is InChI=1S/C18H19FN2O5S/c1-12-7-8-13(2)15(9-12)21-17(22)11-26-18(23)10-20-27(24,25)16-6-4-3-5-14(16)19/h3-9,20H,10-11H2,1-2H3,(H,21,22). The van der Waals surface area contributed by atoms with Gasteiger partial charge in [0.05, 0.1) is 0 Å². The van der Waals surface area contributed by atoms with Gasteiger partial charge in [-0.3, -0.25) is 9.59 Å². The van der Waals surface area contributed by atoms with E-state index in [2.05, 4.69) is 5.32 Å². The average molecular weight is 394 g/mol. The maximum absolute atomic E-state index is 13.5. The predicted molar refractivity (Wildman–Crippen MR) is 97.1 cm³/mol. The number of aryl methyl sites for hydroxylation is 2. The van der Waals surface area contributed by atoms with Crippen LogP contribution in [-0.4, -0.2) is 33.4 Å². The van der Waals surface area contributed by atoms with Crippen molar-refractivity contribution < 1.29 is 27.1 Å². The highest BCUT2D eigenvalue weighted by Gasteiger charge is 2.20. The van der Waals surface area contributed by atoms with Crippen LogP contribution in [0, 0.1) is 19.7 Å². The second-order valence-corrected chi connectivity index (χ2v) is 7.52. The van der Waals surface area contributed by atoms with Crippen molar-refractivity contribution >= 4 is 27.6 Å². The first-order valence-electron chi connectivity index (χ1n) is 7.96. The third-order valence-corrected chi connectivity index (χ3v) is 5.00. The van der Waals surface area contributed by atoms with E-state index in [4.69, 9.17) is 4.74 Å². The van der Waals surface area contributed by atoms with Gasteiger partial charge in [-0.1, -0.05) is 24.3 Å². The molecule has 0 unspecified atom stereocenters. The fourth-order valence-corrected chi connectivity index (χ4v) is 3.19. The van der Waals surface area contributed by atoms with Gasteiger partial charge in [-0.15, -0.1) is 0 Å². The lowest BCUT2D eigenvalue weighted by Gasteiger charge is -2.10. The molecule has 0 aromatic heterocycles. The zero-order valence-corrected chi connectivity index (χ0v) is 15.6. The Morgan fingerprint density at radius 1 is 1.11 bits per heavy atom. The Morgan fingerprint density at radius 2 is 1.81 bits per heavy atom. The molecule has 0 aliphatic heterocycles. The molecule has 2 rings (SSSR count). The zero-order valence-electron chi connectivity index (χ0n) is 14.8. The van der Waals surface area contributed by atoms with E-state index in [0.717, 1.165) is 23.3 Å². The molecule has 0 fully saturated rings. The van der Waals surface area contributed by atoms with Gasteiger partial charge in [0, 0.05) is 5.69 Å². The summed E-state index contributed by atoms with van der Waals surface area (Å²) in [6.07, 6.45) is 0. The second-order valence-electron chi connectivity index (χ2n) is 5.78. The number of sulfonamides is 1. The van der Waals surface area contributed by atoms with Crippen LogP contribution in [0.3, 0.4) is 0 Å². The summed E-state index contributed by atoms with van der Waals surface area (Å²) in [5.74, 6) is -2.47. The van der Waals surface area contributed by atoms with Gasteiger partial charge in [0.15, 0.2) is 6.61 Å². The fraction of sp³-hybridized carbons (Fsp3) is 0.222. The number of halogens is 1. The highest BCUT2D eigenvalue weighted by atomic mass is 32.2. The van der Waals surface area contributed by atoms with Crippen LogP contribution in [-0.2, 0) is 24.3 Å². The summed E-state index contributed by atoms with van der Waals surface area (Å²) in [7, 11) is -4.21. The molecule has 27 heavy (non-hydrogen) atoms. The number of ether oxygens (including phenoxy) is 1. The van der Waals surface area contributed by atoms with Crippen molar-refractivity contribution in [2.75, 3.05) is 18.5 Å². The van der Waals surface area contributed by atoms with Gasteiger partial charge in [0.25, 0.3) is 5.91 Å². The van der Waals surface area contributed by atoms with Crippen LogP contribution in [0.1, 0.15) is 11.1 Å². The number of nitrogens with one attached hydrogen (secondary N) is 2. The summed E-state index contributed by atoms with van der Waals surface area (Å²) in [4.78, 5) is 23.0. The molecule has 7 nitrogen and oxygen atoms in total. The van der Waals surface area contributed by atoms with Crippen molar-refractivity contribution in [3.8, 4) is 0 Å². The van der Waals surface area contributed by atoms with E-state index in [-0.39, 0.29) is 0 Å². The first-order valence-corrected chi connectivity index (χ1v) is 9.44. The number of esters is 1. The maximum atomic E-state index is 13.5. The molecule has 0 radical (unpaired) electrons. The van der Waals surface area contributed by atoms with Crippen molar-refractivity contribution in [2.24, 2.45) is 0 Å². The van der Waals surface area contributed by atoms with Gasteiger partial charge in [-0.05, 0) is 43.2 Å². The Hall–Kier alpha value is -2.78. The van der Waals surface area contributed by atoms with E-state index in [0.29, 0.717) is 5.69 Å². The minimum atomic E-state index is -4.21. The molecule has 0 saturated carbocycles. The number of anilines is 1. The minimum absolute atomic E-state index is 0.561. The van der Waals surface area contributed by atoms with Gasteiger partial charge in [0.2, 0.25) is 10.0 Å². The number of hydrogen-bond donors (Lipinski definition) is 2. The molecular weight excluding hydrogens is 375 g/mol. The Labute approximate surface area is 156 Å². The van der Waals surface area contributed by atoms with Gasteiger partial charge < -0.3 is 10.1 Å². The quantitative estimate of drug-likeness (QED) is 0.699. The summed E-state index contributed by atoms with van der Waals surface area (Å²) in [5.41, 5.74) is 2.39. The lowest BCUT2D eigenvalue weighted by Crippen LogP contribution is -2.32. The first kappa shape index (κ1) is 20.5. The number of rotatable bonds is 7. The normalized spacial score (nSPS) is 11.1. The van der Waals surface area contributed by atoms with Crippen molar-refractivity contribution in [2.45, 2.75) is 18.7 Å². The highest BCUT2D eigenvalue weighted by Crippen LogP contribution is 2.16. The van der Waals surface area contributed by atoms with Crippen LogP contribution >= 0.6 is 0 Å². The number of benzene rings is 2. The molecule has 0 saturated heterocycles. The lowest BCUT2D eigenvalue weighted by atomic mass is 10.1. The van der Waals surface area contributed by atoms with E-state index in [9.17, 15) is 22.4 Å². The van der Waals surface area contributed by atoms with Crippen LogP contribution in [0.4, 0.5) is 10.1 Å². The van der Waals surface area contributed by atoms with Crippen LogP contribution in [0.2, 0.25) is 0 Å². The van der Waals surface area contributed by atoms with Crippen molar-refractivity contribution in [3.05, 3.63) is 59.4 Å². The predicted octanol–water partition coefficient (Wildman–Crippen LogP) is 1.90. The SMILES string of the molecule is Cc1ccc(C)c(NC(=O)COC(=O)CNS(=O)(=O)c2ccccc2F)c1. The first-order chi connectivity index (χ1) is 12.7. The van der Waals surface area contributed by atoms with Crippen LogP contribution in [0.15, 0.2) is 47.4 Å². The Kier molecular flexibility index (Phi) is 6.65. The molecule has 9 heteroatoms. The molecule has 0 spiro atoms. The summed E-state index contributed by atoms with van der Waals surface area (Å²) in [6, 6.07) is 10.3. The number of carbonyl (C=O) groups is 2. The molecule has 0 aliphatic carbocycles. The third kappa shape index (κ3) is 5.87. The van der Waals surface area contributed by atoms with E-state index in [1.807, 2.05) is 30.7 Å². The largest absolute Gasteiger partial charge is 0.455 e. The van der Waals surface area contributed by atoms with Crippen LogP contribution < -0.4 is 10.0 Å². The number of amides is 1. The summed E-state index contributed by atoms with van der Waals surface area (Å²) in [6.45, 7) is 2.39. The average Bonchev–Trinajstić information content (AvgIpc) is 2.61. The Balaban J connectivity index is 1.85. The van der Waals surface area contributed by atoms with Crippen molar-refractivity contribution in [1.82, 2.24) is 4.72 Å². The van der Waals surface area contributed by atoms with E-state index < -0.39 is 45.8 Å². The van der Waals surface area contributed by atoms with Gasteiger partial charge >= 0.3 is 5.97 Å². The molecule has 2 N–H and O–H groups in total. The maximum Gasteiger partial charge on any atom is 0.321 e. The number of carbonyl (C=O) groups excluding carboxylic acids is 2. The molecule has 1 amide bonds. The van der Waals surface area contributed by atoms with Gasteiger partial charge in [-0.2, -0.15) is 4.72 Å². The number of hydrogen-bond acceptors (Lipinski definition) is 5. The fourth-order valence-electron chi connectivity index (χ4n) is 2.15. The lowest BCUT2D eigenvalue weighted by molar-refractivity contribution is -0.146. The van der Waals surface area contributed by atoms with Gasteiger partial charge in [0.1, 0.15) is 17.3 Å². The molecule has 0 aliphatic rings. The van der Waals surface area contributed by atoms with Crippen LogP contribution in [0.25, 0.3) is 0 Å². The summed E-state index contributed by atoms with van der Waals surface area (Å²) >= 11 is 0.